The summed E-state index contributed by atoms with van der Waals surface area (Å²) in [6.07, 6.45) is 0. The molecule has 0 saturated heterocycles. The van der Waals surface area contributed by atoms with Gasteiger partial charge in [-0.25, -0.2) is 4.39 Å². The Morgan fingerprint density at radius 1 is 0.900 bits per heavy atom. The number of hydrogen-bond donors (Lipinski definition) is 1. The lowest BCUT2D eigenvalue weighted by Gasteiger charge is -2.21. The van der Waals surface area contributed by atoms with Crippen LogP contribution in [0, 0.1) is 5.82 Å². The molecule has 0 spiro atoms. The fraction of sp³-hybridized carbons (Fsp3) is 0.250. The minimum atomic E-state index is -0.192. The van der Waals surface area contributed by atoms with E-state index in [0.29, 0.717) is 5.56 Å². The molecule has 0 fully saturated rings. The van der Waals surface area contributed by atoms with E-state index in [-0.39, 0.29) is 17.9 Å². The van der Waals surface area contributed by atoms with E-state index in [4.69, 9.17) is 0 Å². The van der Waals surface area contributed by atoms with Gasteiger partial charge in [-0.05, 0) is 43.7 Å². The van der Waals surface area contributed by atoms with Crippen LogP contribution in [0.5, 0.6) is 0 Å². The highest BCUT2D eigenvalue weighted by molar-refractivity contribution is 9.10. The first-order valence-electron chi connectivity index (χ1n) is 6.44. The fourth-order valence-electron chi connectivity index (χ4n) is 2.17. The van der Waals surface area contributed by atoms with Gasteiger partial charge in [-0.15, -0.1) is 0 Å². The summed E-state index contributed by atoms with van der Waals surface area (Å²) >= 11 is 6.70. The van der Waals surface area contributed by atoms with E-state index in [0.717, 1.165) is 8.95 Å². The summed E-state index contributed by atoms with van der Waals surface area (Å²) in [4.78, 5) is 0. The molecule has 0 aliphatic heterocycles. The Labute approximate surface area is 135 Å². The summed E-state index contributed by atoms with van der Waals surface area (Å²) in [5.74, 6) is -0.192. The largest absolute Gasteiger partial charge is 0.304 e. The van der Waals surface area contributed by atoms with Gasteiger partial charge in [0.1, 0.15) is 5.82 Å². The van der Waals surface area contributed by atoms with Gasteiger partial charge in [-0.3, -0.25) is 0 Å². The van der Waals surface area contributed by atoms with Crippen LogP contribution in [0.15, 0.2) is 51.4 Å². The highest BCUT2D eigenvalue weighted by Gasteiger charge is 2.14. The number of nitrogens with one attached hydrogen (secondary N) is 1. The third kappa shape index (κ3) is 3.90. The molecule has 1 nitrogen and oxygen atoms in total. The molecule has 0 radical (unpaired) electrons. The van der Waals surface area contributed by atoms with E-state index in [2.05, 4.69) is 56.2 Å². The van der Waals surface area contributed by atoms with Crippen LogP contribution in [-0.4, -0.2) is 0 Å². The number of halogens is 3. The van der Waals surface area contributed by atoms with Crippen molar-refractivity contribution in [2.75, 3.05) is 0 Å². The SMILES string of the molecule is CC(N[C@@H](C)c1ccc(Br)cc1)c1ccc(Br)cc1F. The van der Waals surface area contributed by atoms with E-state index in [1.54, 1.807) is 0 Å². The van der Waals surface area contributed by atoms with Crippen molar-refractivity contribution in [3.05, 3.63) is 68.4 Å². The van der Waals surface area contributed by atoms with Crippen LogP contribution in [0.3, 0.4) is 0 Å². The average Bonchev–Trinajstić information content (AvgIpc) is 2.39. The minimum Gasteiger partial charge on any atom is -0.304 e. The Kier molecular flexibility index (Phi) is 5.35. The molecule has 0 heterocycles. The van der Waals surface area contributed by atoms with E-state index >= 15 is 0 Å². The molecule has 0 bridgehead atoms. The lowest BCUT2D eigenvalue weighted by atomic mass is 10.0. The first kappa shape index (κ1) is 15.7. The van der Waals surface area contributed by atoms with Crippen LogP contribution in [0.1, 0.15) is 37.1 Å². The summed E-state index contributed by atoms with van der Waals surface area (Å²) in [5.41, 5.74) is 1.86. The van der Waals surface area contributed by atoms with Crippen molar-refractivity contribution in [3.8, 4) is 0 Å². The number of benzene rings is 2. The quantitative estimate of drug-likeness (QED) is 0.687. The monoisotopic (exact) mass is 399 g/mol. The number of hydrogen-bond acceptors (Lipinski definition) is 1. The van der Waals surface area contributed by atoms with Crippen LogP contribution >= 0.6 is 31.9 Å². The molecule has 2 aromatic rings. The van der Waals surface area contributed by atoms with E-state index in [1.807, 2.05) is 31.2 Å². The van der Waals surface area contributed by atoms with Crippen molar-refractivity contribution in [2.45, 2.75) is 25.9 Å². The van der Waals surface area contributed by atoms with Gasteiger partial charge >= 0.3 is 0 Å². The van der Waals surface area contributed by atoms with E-state index in [9.17, 15) is 4.39 Å². The van der Waals surface area contributed by atoms with Crippen LogP contribution in [0.4, 0.5) is 4.39 Å². The van der Waals surface area contributed by atoms with E-state index in [1.165, 1.54) is 11.6 Å². The molecule has 4 heteroatoms. The Hall–Kier alpha value is -0.710. The predicted octanol–water partition coefficient (Wildman–Crippen LogP) is 5.76. The van der Waals surface area contributed by atoms with Gasteiger partial charge in [-0.2, -0.15) is 0 Å². The zero-order chi connectivity index (χ0) is 14.7. The second-order valence-electron chi connectivity index (χ2n) is 4.83. The molecular weight excluding hydrogens is 385 g/mol. The highest BCUT2D eigenvalue weighted by Crippen LogP contribution is 2.24. The minimum absolute atomic E-state index is 0.0539. The Bertz CT molecular complexity index is 584. The van der Waals surface area contributed by atoms with Gasteiger partial charge in [-0.1, -0.05) is 50.1 Å². The predicted molar refractivity (Wildman–Crippen MR) is 88.2 cm³/mol. The van der Waals surface area contributed by atoms with E-state index < -0.39 is 0 Å². The molecule has 0 saturated carbocycles. The van der Waals surface area contributed by atoms with Crippen LogP contribution in [-0.2, 0) is 0 Å². The zero-order valence-electron chi connectivity index (χ0n) is 11.3. The summed E-state index contributed by atoms with van der Waals surface area (Å²) in [6.45, 7) is 4.05. The lowest BCUT2D eigenvalue weighted by molar-refractivity contribution is 0.474. The van der Waals surface area contributed by atoms with Crippen LogP contribution in [0.2, 0.25) is 0 Å². The van der Waals surface area contributed by atoms with Crippen LogP contribution in [0.25, 0.3) is 0 Å². The molecule has 2 rings (SSSR count). The van der Waals surface area contributed by atoms with Crippen molar-refractivity contribution in [1.29, 1.82) is 0 Å². The first-order valence-corrected chi connectivity index (χ1v) is 8.02. The molecular formula is C16H16Br2FN. The second-order valence-corrected chi connectivity index (χ2v) is 6.66. The Morgan fingerprint density at radius 2 is 1.50 bits per heavy atom. The molecule has 0 amide bonds. The van der Waals surface area contributed by atoms with Crippen LogP contribution < -0.4 is 5.32 Å². The smallest absolute Gasteiger partial charge is 0.129 e. The summed E-state index contributed by atoms with van der Waals surface area (Å²) < 4.78 is 15.7. The highest BCUT2D eigenvalue weighted by atomic mass is 79.9. The topological polar surface area (TPSA) is 12.0 Å². The van der Waals surface area contributed by atoms with Crippen molar-refractivity contribution in [2.24, 2.45) is 0 Å². The molecule has 0 aliphatic rings. The third-order valence-corrected chi connectivity index (χ3v) is 4.32. The summed E-state index contributed by atoms with van der Waals surface area (Å²) in [5, 5.41) is 3.42. The second kappa shape index (κ2) is 6.83. The van der Waals surface area contributed by atoms with Crippen molar-refractivity contribution in [3.63, 3.8) is 0 Å². The molecule has 1 N–H and O–H groups in total. The van der Waals surface area contributed by atoms with Gasteiger partial charge in [0.2, 0.25) is 0 Å². The van der Waals surface area contributed by atoms with Gasteiger partial charge in [0.05, 0.1) is 0 Å². The zero-order valence-corrected chi connectivity index (χ0v) is 14.5. The lowest BCUT2D eigenvalue weighted by Crippen LogP contribution is -2.23. The molecule has 106 valence electrons. The van der Waals surface area contributed by atoms with Gasteiger partial charge in [0, 0.05) is 26.6 Å². The molecule has 0 aliphatic carbocycles. The summed E-state index contributed by atoms with van der Waals surface area (Å²) in [7, 11) is 0. The van der Waals surface area contributed by atoms with Gasteiger partial charge in [0.25, 0.3) is 0 Å². The molecule has 20 heavy (non-hydrogen) atoms. The van der Waals surface area contributed by atoms with Crippen molar-refractivity contribution in [1.82, 2.24) is 5.32 Å². The van der Waals surface area contributed by atoms with Crippen molar-refractivity contribution < 1.29 is 4.39 Å². The summed E-state index contributed by atoms with van der Waals surface area (Å²) in [6, 6.07) is 13.4. The maximum absolute atomic E-state index is 13.9. The molecule has 0 aromatic heterocycles. The maximum atomic E-state index is 13.9. The van der Waals surface area contributed by atoms with Crippen molar-refractivity contribution >= 4 is 31.9 Å². The van der Waals surface area contributed by atoms with Gasteiger partial charge < -0.3 is 5.32 Å². The Morgan fingerprint density at radius 3 is 2.10 bits per heavy atom. The number of rotatable bonds is 4. The fourth-order valence-corrected chi connectivity index (χ4v) is 2.76. The molecule has 2 aromatic carbocycles. The Balaban J connectivity index is 2.10. The van der Waals surface area contributed by atoms with Gasteiger partial charge in [0.15, 0.2) is 0 Å². The molecule has 1 unspecified atom stereocenters. The third-order valence-electron chi connectivity index (χ3n) is 3.30. The normalized spacial score (nSPS) is 14.1. The first-order chi connectivity index (χ1) is 9.47. The molecule has 2 atom stereocenters. The maximum Gasteiger partial charge on any atom is 0.129 e. The standard InChI is InChI=1S/C16H16Br2FN/c1-10(12-3-5-13(17)6-4-12)20-11(2)15-8-7-14(18)9-16(15)19/h3-11,20H,1-2H3/t10-,11?/m0/s1. The average molecular weight is 401 g/mol.